The van der Waals surface area contributed by atoms with Crippen LogP contribution >= 0.6 is 0 Å². The summed E-state index contributed by atoms with van der Waals surface area (Å²) in [6.07, 6.45) is -5.49. The highest BCUT2D eigenvalue weighted by atomic mass is 19.4. The minimum absolute atomic E-state index is 0.0792. The fraction of sp³-hybridized carbons (Fsp3) is 0.417. The molecule has 0 amide bonds. The van der Waals surface area contributed by atoms with Gasteiger partial charge in [-0.25, -0.2) is 27.5 Å². The number of fused-ring (bicyclic) bond motifs is 1. The SMILES string of the molecule is COCC1(COc2cc3c(NCc4cc(F)cc(C(F)(F)F)c4F)nc(C)nc3cc2OC)CC1(F)F. The van der Waals surface area contributed by atoms with Crippen molar-refractivity contribution >= 4 is 16.7 Å². The summed E-state index contributed by atoms with van der Waals surface area (Å²) in [6, 6.07) is 3.62. The number of nitrogens with zero attached hydrogens (tertiary/aromatic N) is 2. The molecule has 1 unspecified atom stereocenters. The molecule has 4 rings (SSSR count). The maximum absolute atomic E-state index is 14.5. The van der Waals surface area contributed by atoms with Crippen LogP contribution in [0.3, 0.4) is 0 Å². The van der Waals surface area contributed by atoms with Crippen molar-refractivity contribution in [2.24, 2.45) is 5.41 Å². The van der Waals surface area contributed by atoms with Crippen molar-refractivity contribution in [3.8, 4) is 11.5 Å². The number of benzene rings is 2. The normalized spacial score (nSPS) is 18.6. The van der Waals surface area contributed by atoms with Gasteiger partial charge in [0.05, 0.1) is 30.2 Å². The second-order valence-electron chi connectivity index (χ2n) is 8.80. The van der Waals surface area contributed by atoms with E-state index in [1.165, 1.54) is 26.4 Å². The van der Waals surface area contributed by atoms with Crippen LogP contribution in [0, 0.1) is 24.0 Å². The average molecular weight is 533 g/mol. The van der Waals surface area contributed by atoms with Gasteiger partial charge in [-0.2, -0.15) is 13.2 Å². The van der Waals surface area contributed by atoms with Gasteiger partial charge in [-0.1, -0.05) is 0 Å². The Labute approximate surface area is 206 Å². The molecule has 6 nitrogen and oxygen atoms in total. The topological polar surface area (TPSA) is 65.5 Å². The Balaban J connectivity index is 1.66. The van der Waals surface area contributed by atoms with E-state index in [1.807, 2.05) is 0 Å². The molecule has 2 aromatic carbocycles. The third kappa shape index (κ3) is 5.22. The molecule has 1 fully saturated rings. The predicted octanol–water partition coefficient (Wildman–Crippen LogP) is 5.91. The largest absolute Gasteiger partial charge is 0.493 e. The number of aromatic nitrogens is 2. The lowest BCUT2D eigenvalue weighted by atomic mass is 10.1. The third-order valence-corrected chi connectivity index (χ3v) is 6.09. The predicted molar refractivity (Wildman–Crippen MR) is 119 cm³/mol. The van der Waals surface area contributed by atoms with Crippen molar-refractivity contribution in [2.45, 2.75) is 32.0 Å². The third-order valence-electron chi connectivity index (χ3n) is 6.09. The number of methoxy groups -OCH3 is 2. The molecule has 37 heavy (non-hydrogen) atoms. The van der Waals surface area contributed by atoms with Gasteiger partial charge in [0.2, 0.25) is 0 Å². The summed E-state index contributed by atoms with van der Waals surface area (Å²) in [5.74, 6) is -5.20. The van der Waals surface area contributed by atoms with E-state index in [1.54, 1.807) is 6.92 Å². The first-order valence-electron chi connectivity index (χ1n) is 11.0. The van der Waals surface area contributed by atoms with Crippen molar-refractivity contribution in [3.05, 3.63) is 52.9 Å². The fourth-order valence-corrected chi connectivity index (χ4v) is 4.05. The molecule has 1 aliphatic rings. The van der Waals surface area contributed by atoms with Gasteiger partial charge in [0.25, 0.3) is 5.92 Å². The first kappa shape index (κ1) is 26.7. The Morgan fingerprint density at radius 3 is 2.30 bits per heavy atom. The molecule has 1 saturated carbocycles. The molecular weight excluding hydrogens is 511 g/mol. The lowest BCUT2D eigenvalue weighted by Gasteiger charge is -2.19. The lowest BCUT2D eigenvalue weighted by molar-refractivity contribution is -0.140. The van der Waals surface area contributed by atoms with E-state index in [-0.39, 0.29) is 47.8 Å². The standard InChI is InChI=1S/C24H22F7N3O3/c1-12-33-17-7-18(36-3)19(37-11-22(10-35-2)9-23(22,27)28)6-15(17)21(34-12)32-8-13-4-14(25)5-16(20(13)26)24(29,30)31/h4-7H,8-11H2,1-3H3,(H,32,33,34). The van der Waals surface area contributed by atoms with E-state index in [0.29, 0.717) is 11.6 Å². The lowest BCUT2D eigenvalue weighted by Crippen LogP contribution is -2.25. The number of ether oxygens (including phenoxy) is 3. The summed E-state index contributed by atoms with van der Waals surface area (Å²) in [7, 11) is 2.66. The minimum atomic E-state index is -5.08. The number of nitrogens with one attached hydrogen (secondary N) is 1. The Kier molecular flexibility index (Phi) is 6.86. The van der Waals surface area contributed by atoms with Crippen molar-refractivity contribution in [3.63, 3.8) is 0 Å². The van der Waals surface area contributed by atoms with Gasteiger partial charge in [-0.3, -0.25) is 0 Å². The van der Waals surface area contributed by atoms with Crippen molar-refractivity contribution < 1.29 is 44.9 Å². The fourth-order valence-electron chi connectivity index (χ4n) is 4.05. The second kappa shape index (κ2) is 9.51. The van der Waals surface area contributed by atoms with Crippen LogP contribution in [0.15, 0.2) is 24.3 Å². The molecule has 1 aromatic heterocycles. The summed E-state index contributed by atoms with van der Waals surface area (Å²) in [6.45, 7) is 0.420. The Morgan fingerprint density at radius 2 is 1.70 bits per heavy atom. The molecule has 0 bridgehead atoms. The molecule has 1 N–H and O–H groups in total. The maximum Gasteiger partial charge on any atom is 0.419 e. The van der Waals surface area contributed by atoms with Crippen LogP contribution in [0.25, 0.3) is 10.9 Å². The second-order valence-corrected chi connectivity index (χ2v) is 8.80. The molecule has 200 valence electrons. The summed E-state index contributed by atoms with van der Waals surface area (Å²) >= 11 is 0. The van der Waals surface area contributed by atoms with E-state index in [0.717, 1.165) is 0 Å². The van der Waals surface area contributed by atoms with Crippen LogP contribution in [0.2, 0.25) is 0 Å². The summed E-state index contributed by atoms with van der Waals surface area (Å²) < 4.78 is 111. The molecule has 0 aliphatic heterocycles. The van der Waals surface area contributed by atoms with Gasteiger partial charge in [0.15, 0.2) is 11.5 Å². The molecule has 13 heteroatoms. The van der Waals surface area contributed by atoms with E-state index < -0.39 is 53.2 Å². The van der Waals surface area contributed by atoms with E-state index >= 15 is 0 Å². The van der Waals surface area contributed by atoms with Crippen LogP contribution in [-0.2, 0) is 17.5 Å². The smallest absolute Gasteiger partial charge is 0.419 e. The quantitative estimate of drug-likeness (QED) is 0.345. The zero-order chi connectivity index (χ0) is 27.2. The first-order valence-corrected chi connectivity index (χ1v) is 11.0. The molecule has 3 aromatic rings. The summed E-state index contributed by atoms with van der Waals surface area (Å²) in [5, 5.41) is 3.00. The number of hydrogen-bond donors (Lipinski definition) is 1. The molecule has 0 radical (unpaired) electrons. The summed E-state index contributed by atoms with van der Waals surface area (Å²) in [5.41, 5.74) is -3.45. The van der Waals surface area contributed by atoms with Crippen molar-refractivity contribution in [1.82, 2.24) is 9.97 Å². The van der Waals surface area contributed by atoms with Gasteiger partial charge in [-0.05, 0) is 25.1 Å². The van der Waals surface area contributed by atoms with Gasteiger partial charge in [0.1, 0.15) is 29.9 Å². The van der Waals surface area contributed by atoms with Crippen molar-refractivity contribution in [2.75, 3.05) is 32.8 Å². The number of hydrogen-bond acceptors (Lipinski definition) is 6. The highest BCUT2D eigenvalue weighted by molar-refractivity contribution is 5.91. The Hall–Kier alpha value is -3.35. The molecule has 0 saturated heterocycles. The Bertz CT molecular complexity index is 1330. The van der Waals surface area contributed by atoms with Crippen LogP contribution in [0.5, 0.6) is 11.5 Å². The number of alkyl halides is 5. The van der Waals surface area contributed by atoms with Crippen LogP contribution < -0.4 is 14.8 Å². The van der Waals surface area contributed by atoms with Gasteiger partial charge in [-0.15, -0.1) is 0 Å². The molecule has 1 heterocycles. The average Bonchev–Trinajstić information content (AvgIpc) is 3.36. The molecular formula is C24H22F7N3O3. The molecule has 0 spiro atoms. The highest BCUT2D eigenvalue weighted by Gasteiger charge is 2.71. The maximum atomic E-state index is 14.5. The number of aryl methyl sites for hydroxylation is 1. The van der Waals surface area contributed by atoms with Crippen LogP contribution in [0.1, 0.15) is 23.4 Å². The van der Waals surface area contributed by atoms with Crippen LogP contribution in [0.4, 0.5) is 36.6 Å². The number of anilines is 1. The van der Waals surface area contributed by atoms with Gasteiger partial charge < -0.3 is 19.5 Å². The zero-order valence-corrected chi connectivity index (χ0v) is 19.9. The highest BCUT2D eigenvalue weighted by Crippen LogP contribution is 2.60. The Morgan fingerprint density at radius 1 is 1.00 bits per heavy atom. The van der Waals surface area contributed by atoms with E-state index in [9.17, 15) is 30.7 Å². The van der Waals surface area contributed by atoms with E-state index in [2.05, 4.69) is 15.3 Å². The zero-order valence-electron chi connectivity index (χ0n) is 19.9. The monoisotopic (exact) mass is 533 g/mol. The van der Waals surface area contributed by atoms with Gasteiger partial charge in [0, 0.05) is 37.1 Å². The number of halogens is 7. The van der Waals surface area contributed by atoms with Crippen LogP contribution in [-0.4, -0.2) is 43.3 Å². The van der Waals surface area contributed by atoms with E-state index in [4.69, 9.17) is 14.2 Å². The minimum Gasteiger partial charge on any atom is -0.493 e. The molecule has 1 aliphatic carbocycles. The molecule has 1 atom stereocenters. The van der Waals surface area contributed by atoms with Gasteiger partial charge >= 0.3 is 6.18 Å². The summed E-state index contributed by atoms with van der Waals surface area (Å²) in [4.78, 5) is 8.50. The van der Waals surface area contributed by atoms with Crippen molar-refractivity contribution in [1.29, 1.82) is 0 Å². The first-order chi connectivity index (χ1) is 17.3. The number of rotatable bonds is 9.